The molecular weight excluding hydrogens is 447 g/mol. The molecule has 1 aliphatic carbocycles. The van der Waals surface area contributed by atoms with E-state index in [4.69, 9.17) is 16.3 Å². The van der Waals surface area contributed by atoms with E-state index in [1.54, 1.807) is 0 Å². The van der Waals surface area contributed by atoms with Crippen LogP contribution in [-0.4, -0.2) is 58.1 Å². The first-order chi connectivity index (χ1) is 15.3. The van der Waals surface area contributed by atoms with Gasteiger partial charge in [0.2, 0.25) is 0 Å². The third kappa shape index (κ3) is 4.77. The molecule has 32 heavy (non-hydrogen) atoms. The van der Waals surface area contributed by atoms with E-state index in [2.05, 4.69) is 20.3 Å². The largest absolute Gasteiger partial charge is 0.417 e. The molecule has 2 aromatic heterocycles. The minimum Gasteiger partial charge on any atom is -0.381 e. The van der Waals surface area contributed by atoms with E-state index in [0.717, 1.165) is 55.6 Å². The van der Waals surface area contributed by atoms with Crippen molar-refractivity contribution in [2.45, 2.75) is 43.8 Å². The third-order valence-corrected chi connectivity index (χ3v) is 6.65. The number of alkyl halides is 3. The highest BCUT2D eigenvalue weighted by Crippen LogP contribution is 2.35. The monoisotopic (exact) mass is 471 g/mol. The molecule has 0 aromatic carbocycles. The van der Waals surface area contributed by atoms with Crippen LogP contribution >= 0.6 is 11.6 Å². The molecule has 1 saturated carbocycles. The van der Waals surface area contributed by atoms with Crippen molar-refractivity contribution in [3.63, 3.8) is 0 Å². The van der Waals surface area contributed by atoms with Crippen LogP contribution in [0.3, 0.4) is 0 Å². The van der Waals surface area contributed by atoms with E-state index in [-0.39, 0.29) is 16.4 Å². The Morgan fingerprint density at radius 1 is 1.12 bits per heavy atom. The number of nitrogens with zero attached hydrogens (tertiary/aromatic N) is 4. The Morgan fingerprint density at radius 2 is 1.84 bits per heavy atom. The molecule has 0 atom stereocenters. The smallest absolute Gasteiger partial charge is 0.381 e. The summed E-state index contributed by atoms with van der Waals surface area (Å²) in [7, 11) is 0. The van der Waals surface area contributed by atoms with Gasteiger partial charge in [-0.05, 0) is 25.0 Å². The molecule has 2 aromatic rings. The molecule has 2 aliphatic rings. The Morgan fingerprint density at radius 3 is 2.47 bits per heavy atom. The zero-order valence-corrected chi connectivity index (χ0v) is 18.3. The normalized spacial score (nSPS) is 19.6. The van der Waals surface area contributed by atoms with Crippen LogP contribution in [0.15, 0.2) is 29.3 Å². The summed E-state index contributed by atoms with van der Waals surface area (Å²) in [6.07, 6.45) is 3.18. The molecule has 11 heteroatoms. The summed E-state index contributed by atoms with van der Waals surface area (Å²) in [4.78, 5) is 18.9. The summed E-state index contributed by atoms with van der Waals surface area (Å²) >= 11 is 6.32. The molecule has 1 aliphatic heterocycles. The average Bonchev–Trinajstić information content (AvgIpc) is 2.81. The molecule has 2 fully saturated rings. The van der Waals surface area contributed by atoms with Gasteiger partial charge in [-0.3, -0.25) is 9.69 Å². The second-order valence-electron chi connectivity index (χ2n) is 8.23. The lowest BCUT2D eigenvalue weighted by molar-refractivity contribution is -0.137. The van der Waals surface area contributed by atoms with Crippen molar-refractivity contribution in [3.8, 4) is 5.82 Å². The summed E-state index contributed by atoms with van der Waals surface area (Å²) in [6, 6.07) is 1.95. The van der Waals surface area contributed by atoms with Crippen molar-refractivity contribution < 1.29 is 17.9 Å². The van der Waals surface area contributed by atoms with Crippen molar-refractivity contribution in [2.75, 3.05) is 38.2 Å². The van der Waals surface area contributed by atoms with Gasteiger partial charge in [0.25, 0.3) is 5.56 Å². The SMILES string of the molecule is O=c1c(Cl)c(NCC2(N3CCOCC3)CCCCC2)cnn1-c1ccc(C(F)(F)F)cn1. The number of pyridine rings is 1. The van der Waals surface area contributed by atoms with Gasteiger partial charge >= 0.3 is 6.18 Å². The van der Waals surface area contributed by atoms with Gasteiger partial charge in [0, 0.05) is 31.4 Å². The fraction of sp³-hybridized carbons (Fsp3) is 0.571. The maximum Gasteiger partial charge on any atom is 0.417 e. The van der Waals surface area contributed by atoms with E-state index in [1.807, 2.05) is 0 Å². The lowest BCUT2D eigenvalue weighted by atomic mass is 9.79. The number of hydrogen-bond acceptors (Lipinski definition) is 6. The molecule has 1 N–H and O–H groups in total. The van der Waals surface area contributed by atoms with Crippen molar-refractivity contribution in [3.05, 3.63) is 45.5 Å². The number of rotatable bonds is 5. The highest BCUT2D eigenvalue weighted by Gasteiger charge is 2.38. The maximum atomic E-state index is 12.8. The second-order valence-corrected chi connectivity index (χ2v) is 8.61. The van der Waals surface area contributed by atoms with Gasteiger partial charge in [-0.1, -0.05) is 30.9 Å². The Kier molecular flexibility index (Phi) is 6.73. The van der Waals surface area contributed by atoms with E-state index in [9.17, 15) is 18.0 Å². The number of aromatic nitrogens is 3. The molecule has 4 rings (SSSR count). The minimum absolute atomic E-state index is 0.0325. The van der Waals surface area contributed by atoms with Crippen LogP contribution in [0, 0.1) is 0 Å². The average molecular weight is 472 g/mol. The molecule has 0 bridgehead atoms. The van der Waals surface area contributed by atoms with Crippen LogP contribution in [0.5, 0.6) is 0 Å². The lowest BCUT2D eigenvalue weighted by Crippen LogP contribution is -2.58. The predicted octanol–water partition coefficient (Wildman–Crippen LogP) is 3.75. The zero-order chi connectivity index (χ0) is 22.8. The zero-order valence-electron chi connectivity index (χ0n) is 17.5. The summed E-state index contributed by atoms with van der Waals surface area (Å²) in [6.45, 7) is 3.78. The Bertz CT molecular complexity index is 984. The Hall–Kier alpha value is -2.17. The van der Waals surface area contributed by atoms with Gasteiger partial charge in [-0.2, -0.15) is 23.0 Å². The predicted molar refractivity (Wildman–Crippen MR) is 114 cm³/mol. The summed E-state index contributed by atoms with van der Waals surface area (Å²) in [5.41, 5.74) is -1.18. The standard InChI is InChI=1S/C21H25ClF3N5O2/c22-18-16(27-14-20(6-2-1-3-7-20)29-8-10-32-11-9-29)13-28-30(19(18)31)17-5-4-15(12-26-17)21(23,24)25/h4-5,12-13,27H,1-3,6-11,14H2. The third-order valence-electron chi connectivity index (χ3n) is 6.29. The number of halogens is 4. The van der Waals surface area contributed by atoms with E-state index >= 15 is 0 Å². The quantitative estimate of drug-likeness (QED) is 0.716. The fourth-order valence-corrected chi connectivity index (χ4v) is 4.71. The first kappa shape index (κ1) is 23.0. The Balaban J connectivity index is 1.53. The maximum absolute atomic E-state index is 12.8. The van der Waals surface area contributed by atoms with Crippen LogP contribution in [0.1, 0.15) is 37.7 Å². The van der Waals surface area contributed by atoms with Crippen LogP contribution in [-0.2, 0) is 10.9 Å². The van der Waals surface area contributed by atoms with Crippen LogP contribution in [0.4, 0.5) is 18.9 Å². The van der Waals surface area contributed by atoms with Crippen LogP contribution in [0.25, 0.3) is 5.82 Å². The highest BCUT2D eigenvalue weighted by atomic mass is 35.5. The van der Waals surface area contributed by atoms with Gasteiger partial charge in [-0.25, -0.2) is 4.98 Å². The summed E-state index contributed by atoms with van der Waals surface area (Å²) in [5.74, 6) is -0.0338. The molecule has 3 heterocycles. The van der Waals surface area contributed by atoms with E-state index < -0.39 is 17.3 Å². The number of anilines is 1. The summed E-state index contributed by atoms with van der Waals surface area (Å²) in [5, 5.41) is 7.32. The van der Waals surface area contributed by atoms with Gasteiger partial charge in [0.1, 0.15) is 5.02 Å². The van der Waals surface area contributed by atoms with Crippen molar-refractivity contribution in [2.24, 2.45) is 0 Å². The van der Waals surface area contributed by atoms with Crippen LogP contribution in [0.2, 0.25) is 5.02 Å². The van der Waals surface area contributed by atoms with Gasteiger partial charge < -0.3 is 10.1 Å². The van der Waals surface area contributed by atoms with Gasteiger partial charge in [0.15, 0.2) is 5.82 Å². The molecule has 1 saturated heterocycles. The molecule has 174 valence electrons. The Labute approximate surface area is 188 Å². The van der Waals surface area contributed by atoms with E-state index in [0.29, 0.717) is 31.6 Å². The number of nitrogens with one attached hydrogen (secondary N) is 1. The molecule has 0 amide bonds. The van der Waals surface area contributed by atoms with Gasteiger partial charge in [-0.15, -0.1) is 0 Å². The highest BCUT2D eigenvalue weighted by molar-refractivity contribution is 6.32. The van der Waals surface area contributed by atoms with Crippen molar-refractivity contribution in [1.29, 1.82) is 0 Å². The first-order valence-electron chi connectivity index (χ1n) is 10.7. The topological polar surface area (TPSA) is 72.3 Å². The molecule has 0 spiro atoms. The minimum atomic E-state index is -4.51. The molecule has 7 nitrogen and oxygen atoms in total. The second kappa shape index (κ2) is 9.36. The molecule has 0 radical (unpaired) electrons. The van der Waals surface area contributed by atoms with Gasteiger partial charge in [0.05, 0.1) is 30.7 Å². The molecule has 0 unspecified atom stereocenters. The van der Waals surface area contributed by atoms with Crippen molar-refractivity contribution >= 4 is 17.3 Å². The first-order valence-corrected chi connectivity index (χ1v) is 11.1. The van der Waals surface area contributed by atoms with E-state index in [1.165, 1.54) is 12.6 Å². The number of hydrogen-bond donors (Lipinski definition) is 1. The number of morpholine rings is 1. The number of ether oxygens (including phenoxy) is 1. The molecular formula is C21H25ClF3N5O2. The summed E-state index contributed by atoms with van der Waals surface area (Å²) < 4.78 is 44.7. The van der Waals surface area contributed by atoms with Crippen LogP contribution < -0.4 is 10.9 Å². The lowest BCUT2D eigenvalue weighted by Gasteiger charge is -2.48. The fourth-order valence-electron chi connectivity index (χ4n) is 4.51. The van der Waals surface area contributed by atoms with Crippen molar-refractivity contribution in [1.82, 2.24) is 19.7 Å².